The van der Waals surface area contributed by atoms with E-state index in [0.29, 0.717) is 5.41 Å². The quantitative estimate of drug-likeness (QED) is 0.738. The number of likely N-dealkylation sites (tertiary alicyclic amines) is 2. The lowest BCUT2D eigenvalue weighted by Gasteiger charge is -2.56. The molecule has 1 spiro atoms. The molecular weight excluding hydrogens is 240 g/mol. The summed E-state index contributed by atoms with van der Waals surface area (Å²) in [5, 5.41) is 0. The summed E-state index contributed by atoms with van der Waals surface area (Å²) < 4.78 is 11.4. The van der Waals surface area contributed by atoms with E-state index in [4.69, 9.17) is 9.47 Å². The van der Waals surface area contributed by atoms with Crippen molar-refractivity contribution in [2.45, 2.75) is 53.0 Å². The molecule has 19 heavy (non-hydrogen) atoms. The molecule has 2 saturated heterocycles. The highest BCUT2D eigenvalue weighted by Gasteiger charge is 2.46. The highest BCUT2D eigenvalue weighted by Crippen LogP contribution is 2.41. The molecule has 0 N–H and O–H groups in total. The lowest BCUT2D eigenvalue weighted by atomic mass is 9.72. The van der Waals surface area contributed by atoms with Crippen LogP contribution in [-0.2, 0) is 9.47 Å². The van der Waals surface area contributed by atoms with Crippen LogP contribution in [0, 0.1) is 5.41 Å². The maximum atomic E-state index is 5.69. The van der Waals surface area contributed by atoms with Crippen LogP contribution in [0.25, 0.3) is 0 Å². The van der Waals surface area contributed by atoms with Crippen molar-refractivity contribution in [1.29, 1.82) is 0 Å². The average molecular weight is 270 g/mol. The first kappa shape index (κ1) is 15.2. The molecule has 2 unspecified atom stereocenters. The lowest BCUT2D eigenvalue weighted by molar-refractivity contribution is -0.156. The van der Waals surface area contributed by atoms with E-state index in [2.05, 4.69) is 37.5 Å². The molecule has 0 bridgehead atoms. The molecule has 0 aromatic rings. The summed E-state index contributed by atoms with van der Waals surface area (Å²) in [7, 11) is 0. The Kier molecular flexibility index (Phi) is 5.23. The van der Waals surface area contributed by atoms with Crippen LogP contribution in [0.5, 0.6) is 0 Å². The standard InChI is InChI=1S/C15H30N2O2/c1-5-18-13(3)16-9-7-15(8-10-16)11-17(12-15)14(4)19-6-2/h13-14H,5-12H2,1-4H3. The number of ether oxygens (including phenoxy) is 2. The highest BCUT2D eigenvalue weighted by atomic mass is 16.5. The van der Waals surface area contributed by atoms with Crippen LogP contribution < -0.4 is 0 Å². The fraction of sp³-hybridized carbons (Fsp3) is 1.00. The zero-order valence-electron chi connectivity index (χ0n) is 13.0. The van der Waals surface area contributed by atoms with E-state index in [-0.39, 0.29) is 12.5 Å². The number of nitrogens with zero attached hydrogens (tertiary/aromatic N) is 2. The maximum absolute atomic E-state index is 5.69. The van der Waals surface area contributed by atoms with Crippen LogP contribution >= 0.6 is 0 Å². The Hall–Kier alpha value is -0.160. The van der Waals surface area contributed by atoms with Crippen LogP contribution in [0.2, 0.25) is 0 Å². The largest absolute Gasteiger partial charge is 0.364 e. The van der Waals surface area contributed by atoms with Crippen molar-refractivity contribution in [3.05, 3.63) is 0 Å². The van der Waals surface area contributed by atoms with E-state index in [1.807, 2.05) is 0 Å². The second kappa shape index (κ2) is 6.53. The molecule has 2 rings (SSSR count). The fourth-order valence-electron chi connectivity index (χ4n) is 3.44. The van der Waals surface area contributed by atoms with E-state index in [1.54, 1.807) is 0 Å². The molecule has 2 heterocycles. The Bertz CT molecular complexity index is 269. The monoisotopic (exact) mass is 270 g/mol. The smallest absolute Gasteiger partial charge is 0.107 e. The Balaban J connectivity index is 1.73. The molecule has 0 aromatic carbocycles. The summed E-state index contributed by atoms with van der Waals surface area (Å²) in [6, 6.07) is 0. The van der Waals surface area contributed by atoms with E-state index < -0.39 is 0 Å². The van der Waals surface area contributed by atoms with Gasteiger partial charge in [-0.05, 0) is 46.0 Å². The van der Waals surface area contributed by atoms with Crippen molar-refractivity contribution in [1.82, 2.24) is 9.80 Å². The molecule has 0 aromatic heterocycles. The van der Waals surface area contributed by atoms with Crippen LogP contribution in [0.1, 0.15) is 40.5 Å². The second-order valence-corrected chi connectivity index (χ2v) is 6.05. The predicted octanol–water partition coefficient (Wildman–Crippen LogP) is 2.15. The van der Waals surface area contributed by atoms with E-state index >= 15 is 0 Å². The van der Waals surface area contributed by atoms with Gasteiger partial charge in [0, 0.05) is 39.4 Å². The van der Waals surface area contributed by atoms with Gasteiger partial charge in [0.05, 0.1) is 0 Å². The molecular formula is C15H30N2O2. The Morgan fingerprint density at radius 1 is 0.895 bits per heavy atom. The number of hydrogen-bond acceptors (Lipinski definition) is 4. The first-order valence-corrected chi connectivity index (χ1v) is 7.81. The minimum atomic E-state index is 0.279. The van der Waals surface area contributed by atoms with Gasteiger partial charge >= 0.3 is 0 Å². The zero-order valence-corrected chi connectivity index (χ0v) is 13.0. The molecule has 2 fully saturated rings. The molecule has 0 radical (unpaired) electrons. The fourth-order valence-corrected chi connectivity index (χ4v) is 3.44. The summed E-state index contributed by atoms with van der Waals surface area (Å²) in [6.07, 6.45) is 3.18. The third-order valence-corrected chi connectivity index (χ3v) is 4.78. The lowest BCUT2D eigenvalue weighted by Crippen LogP contribution is -2.63. The van der Waals surface area contributed by atoms with Crippen molar-refractivity contribution in [2.24, 2.45) is 5.41 Å². The Morgan fingerprint density at radius 2 is 1.37 bits per heavy atom. The third-order valence-electron chi connectivity index (χ3n) is 4.78. The Labute approximate surface area is 118 Å². The van der Waals surface area contributed by atoms with Gasteiger partial charge in [-0.1, -0.05) is 0 Å². The van der Waals surface area contributed by atoms with Gasteiger partial charge in [0.2, 0.25) is 0 Å². The van der Waals surface area contributed by atoms with Gasteiger partial charge in [-0.15, -0.1) is 0 Å². The first-order valence-electron chi connectivity index (χ1n) is 7.81. The van der Waals surface area contributed by atoms with Gasteiger partial charge in [0.15, 0.2) is 0 Å². The summed E-state index contributed by atoms with van der Waals surface area (Å²) >= 11 is 0. The van der Waals surface area contributed by atoms with Gasteiger partial charge in [-0.3, -0.25) is 9.80 Å². The van der Waals surface area contributed by atoms with Gasteiger partial charge < -0.3 is 9.47 Å². The zero-order chi connectivity index (χ0) is 13.9. The highest BCUT2D eigenvalue weighted by molar-refractivity contribution is 4.98. The van der Waals surface area contributed by atoms with Crippen LogP contribution in [0.4, 0.5) is 0 Å². The molecule has 2 aliphatic rings. The minimum absolute atomic E-state index is 0.279. The summed E-state index contributed by atoms with van der Waals surface area (Å²) in [5.41, 5.74) is 0.563. The average Bonchev–Trinajstić information content (AvgIpc) is 2.36. The molecule has 2 atom stereocenters. The summed E-state index contributed by atoms with van der Waals surface area (Å²) in [4.78, 5) is 4.94. The number of hydrogen-bond donors (Lipinski definition) is 0. The topological polar surface area (TPSA) is 24.9 Å². The molecule has 0 saturated carbocycles. The summed E-state index contributed by atoms with van der Waals surface area (Å²) in [6.45, 7) is 14.9. The third kappa shape index (κ3) is 3.48. The molecule has 0 amide bonds. The van der Waals surface area contributed by atoms with E-state index in [0.717, 1.165) is 13.2 Å². The predicted molar refractivity (Wildman–Crippen MR) is 77.0 cm³/mol. The number of rotatable bonds is 6. The van der Waals surface area contributed by atoms with Gasteiger partial charge in [0.25, 0.3) is 0 Å². The normalized spacial score (nSPS) is 27.2. The van der Waals surface area contributed by atoms with Crippen molar-refractivity contribution >= 4 is 0 Å². The molecule has 4 heteroatoms. The van der Waals surface area contributed by atoms with Crippen molar-refractivity contribution < 1.29 is 9.47 Å². The summed E-state index contributed by atoms with van der Waals surface area (Å²) in [5.74, 6) is 0. The molecule has 0 aliphatic carbocycles. The first-order chi connectivity index (χ1) is 9.10. The number of piperidine rings is 1. The molecule has 112 valence electrons. The Morgan fingerprint density at radius 3 is 1.84 bits per heavy atom. The molecule has 4 nitrogen and oxygen atoms in total. The van der Waals surface area contributed by atoms with Gasteiger partial charge in [-0.25, -0.2) is 0 Å². The second-order valence-electron chi connectivity index (χ2n) is 6.05. The van der Waals surface area contributed by atoms with Crippen LogP contribution in [0.15, 0.2) is 0 Å². The van der Waals surface area contributed by atoms with Gasteiger partial charge in [-0.2, -0.15) is 0 Å². The molecule has 2 aliphatic heterocycles. The van der Waals surface area contributed by atoms with Crippen LogP contribution in [-0.4, -0.2) is 61.6 Å². The van der Waals surface area contributed by atoms with Crippen molar-refractivity contribution in [3.8, 4) is 0 Å². The minimum Gasteiger partial charge on any atom is -0.364 e. The van der Waals surface area contributed by atoms with Crippen molar-refractivity contribution in [3.63, 3.8) is 0 Å². The van der Waals surface area contributed by atoms with Crippen molar-refractivity contribution in [2.75, 3.05) is 39.4 Å². The van der Waals surface area contributed by atoms with Gasteiger partial charge in [0.1, 0.15) is 12.5 Å². The SMILES string of the molecule is CCOC(C)N1CCC2(CC1)CN(C(C)OCC)C2. The van der Waals surface area contributed by atoms with E-state index in [9.17, 15) is 0 Å². The van der Waals surface area contributed by atoms with Crippen LogP contribution in [0.3, 0.4) is 0 Å². The maximum Gasteiger partial charge on any atom is 0.107 e. The van der Waals surface area contributed by atoms with E-state index in [1.165, 1.54) is 39.0 Å².